The molecule has 3 aromatic carbocycles. The lowest BCUT2D eigenvalue weighted by Gasteiger charge is -2.07. The second kappa shape index (κ2) is 5.59. The first-order valence-electron chi connectivity index (χ1n) is 7.00. The van der Waals surface area contributed by atoms with E-state index in [4.69, 9.17) is 0 Å². The van der Waals surface area contributed by atoms with E-state index < -0.39 is 0 Å². The minimum absolute atomic E-state index is 0.125. The lowest BCUT2D eigenvalue weighted by atomic mass is 10.2. The molecule has 0 fully saturated rings. The number of hydrogen-bond acceptors (Lipinski definition) is 3. The topological polar surface area (TPSA) is 17.1 Å². The molecular weight excluding hydrogens is 308 g/mol. The van der Waals surface area contributed by atoms with Crippen LogP contribution in [0.25, 0.3) is 20.2 Å². The zero-order chi connectivity index (χ0) is 14.9. The summed E-state index contributed by atoms with van der Waals surface area (Å²) >= 11 is 3.40. The van der Waals surface area contributed by atoms with Gasteiger partial charge in [0.25, 0.3) is 0 Å². The maximum absolute atomic E-state index is 12.7. The second-order valence-electron chi connectivity index (χ2n) is 4.98. The van der Waals surface area contributed by atoms with Crippen LogP contribution in [0.3, 0.4) is 0 Å². The summed E-state index contributed by atoms with van der Waals surface area (Å²) in [5.41, 5.74) is 0.125. The Morgan fingerprint density at radius 2 is 1.45 bits per heavy atom. The predicted molar refractivity (Wildman–Crippen MR) is 96.2 cm³/mol. The smallest absolute Gasteiger partial charge is 0.195 e. The minimum atomic E-state index is 0.125. The third-order valence-electron chi connectivity index (χ3n) is 3.54. The number of rotatable bonds is 2. The second-order valence-corrected chi connectivity index (χ2v) is 7.14. The first kappa shape index (κ1) is 13.6. The third kappa shape index (κ3) is 2.32. The molecule has 0 aliphatic carbocycles. The van der Waals surface area contributed by atoms with Crippen LogP contribution in [0.5, 0.6) is 0 Å². The van der Waals surface area contributed by atoms with Crippen LogP contribution in [0, 0.1) is 0 Å². The Hall–Kier alpha value is -2.10. The first-order valence-corrected chi connectivity index (χ1v) is 8.64. The number of fused-ring (bicyclic) bond motifs is 2. The highest BCUT2D eigenvalue weighted by atomic mass is 32.2. The van der Waals surface area contributed by atoms with Crippen molar-refractivity contribution >= 4 is 43.3 Å². The molecule has 4 rings (SSSR count). The summed E-state index contributed by atoms with van der Waals surface area (Å²) in [5.74, 6) is 0. The molecule has 0 aliphatic rings. The molecule has 0 N–H and O–H groups in total. The van der Waals surface area contributed by atoms with Crippen molar-refractivity contribution in [3.8, 4) is 0 Å². The summed E-state index contributed by atoms with van der Waals surface area (Å²) in [4.78, 5) is 15.0. The Kier molecular flexibility index (Phi) is 3.45. The van der Waals surface area contributed by atoms with E-state index in [0.29, 0.717) is 0 Å². The van der Waals surface area contributed by atoms with Crippen LogP contribution in [0.4, 0.5) is 0 Å². The van der Waals surface area contributed by atoms with E-state index in [2.05, 4.69) is 18.2 Å². The van der Waals surface area contributed by atoms with Gasteiger partial charge in [0.15, 0.2) is 5.43 Å². The first-order chi connectivity index (χ1) is 10.8. The third-order valence-corrected chi connectivity index (χ3v) is 5.96. The molecule has 22 heavy (non-hydrogen) atoms. The fourth-order valence-corrected chi connectivity index (χ4v) is 4.72. The van der Waals surface area contributed by atoms with Crippen molar-refractivity contribution in [2.45, 2.75) is 9.79 Å². The van der Waals surface area contributed by atoms with Gasteiger partial charge in [0, 0.05) is 25.3 Å². The Balaban J connectivity index is 1.98. The van der Waals surface area contributed by atoms with E-state index in [9.17, 15) is 4.79 Å². The molecule has 3 heteroatoms. The summed E-state index contributed by atoms with van der Waals surface area (Å²) in [6, 6.07) is 24.1. The van der Waals surface area contributed by atoms with Gasteiger partial charge >= 0.3 is 0 Å². The van der Waals surface area contributed by atoms with Crippen LogP contribution in [0.1, 0.15) is 0 Å². The largest absolute Gasteiger partial charge is 0.289 e. The highest BCUT2D eigenvalue weighted by Gasteiger charge is 2.09. The van der Waals surface area contributed by atoms with Crippen molar-refractivity contribution in [3.05, 3.63) is 83.0 Å². The van der Waals surface area contributed by atoms with Crippen LogP contribution >= 0.6 is 23.1 Å². The van der Waals surface area contributed by atoms with E-state index >= 15 is 0 Å². The van der Waals surface area contributed by atoms with Gasteiger partial charge in [-0.1, -0.05) is 48.2 Å². The molecule has 0 amide bonds. The molecule has 0 unspecified atom stereocenters. The minimum Gasteiger partial charge on any atom is -0.289 e. The lowest BCUT2D eigenvalue weighted by Crippen LogP contribution is -2.00. The molecule has 106 valence electrons. The molecule has 1 heterocycles. The summed E-state index contributed by atoms with van der Waals surface area (Å²) in [5, 5.41) is 1.62. The molecule has 0 spiro atoms. The maximum Gasteiger partial charge on any atom is 0.195 e. The van der Waals surface area contributed by atoms with E-state index in [1.807, 2.05) is 54.6 Å². The van der Waals surface area contributed by atoms with Gasteiger partial charge in [-0.2, -0.15) is 0 Å². The highest BCUT2D eigenvalue weighted by molar-refractivity contribution is 7.99. The van der Waals surface area contributed by atoms with E-state index in [-0.39, 0.29) is 5.43 Å². The van der Waals surface area contributed by atoms with Crippen molar-refractivity contribution < 1.29 is 0 Å². The zero-order valence-electron chi connectivity index (χ0n) is 11.7. The van der Waals surface area contributed by atoms with Crippen LogP contribution in [0.2, 0.25) is 0 Å². The average molecular weight is 320 g/mol. The highest BCUT2D eigenvalue weighted by Crippen LogP contribution is 2.36. The molecule has 0 radical (unpaired) electrons. The van der Waals surface area contributed by atoms with Gasteiger partial charge in [-0.3, -0.25) is 4.79 Å². The SMILES string of the molecule is O=c1c2ccccc2sc2c(Sc3ccccc3)cccc12. The molecule has 0 bridgehead atoms. The fourth-order valence-electron chi connectivity index (χ4n) is 2.49. The van der Waals surface area contributed by atoms with Gasteiger partial charge in [0.05, 0.1) is 4.70 Å². The summed E-state index contributed by atoms with van der Waals surface area (Å²) in [7, 11) is 0. The zero-order valence-corrected chi connectivity index (χ0v) is 13.3. The van der Waals surface area contributed by atoms with E-state index in [0.717, 1.165) is 25.1 Å². The number of hydrogen-bond donors (Lipinski definition) is 0. The van der Waals surface area contributed by atoms with E-state index in [1.54, 1.807) is 23.1 Å². The van der Waals surface area contributed by atoms with Gasteiger partial charge in [0.1, 0.15) is 0 Å². The molecule has 0 atom stereocenters. The van der Waals surface area contributed by atoms with Crippen molar-refractivity contribution in [1.29, 1.82) is 0 Å². The van der Waals surface area contributed by atoms with E-state index in [1.165, 1.54) is 4.90 Å². The average Bonchev–Trinajstić information content (AvgIpc) is 2.57. The standard InChI is InChI=1S/C19H12OS2/c20-18-14-9-4-5-11-16(14)22-19-15(18)10-6-12-17(19)21-13-7-2-1-3-8-13/h1-12H. The molecule has 0 saturated heterocycles. The summed E-state index contributed by atoms with van der Waals surface area (Å²) < 4.78 is 2.11. The van der Waals surface area contributed by atoms with Gasteiger partial charge in [-0.25, -0.2) is 0 Å². The predicted octanol–water partition coefficient (Wildman–Crippen LogP) is 5.57. The molecule has 1 nitrogen and oxygen atoms in total. The Morgan fingerprint density at radius 1 is 0.727 bits per heavy atom. The molecular formula is C19H12OS2. The Morgan fingerprint density at radius 3 is 2.32 bits per heavy atom. The van der Waals surface area contributed by atoms with Crippen molar-refractivity contribution in [2.24, 2.45) is 0 Å². The van der Waals surface area contributed by atoms with Gasteiger partial charge < -0.3 is 0 Å². The lowest BCUT2D eigenvalue weighted by molar-refractivity contribution is 1.44. The Bertz CT molecular complexity index is 1020. The van der Waals surface area contributed by atoms with Crippen molar-refractivity contribution in [2.75, 3.05) is 0 Å². The molecule has 0 saturated carbocycles. The normalized spacial score (nSPS) is 11.1. The molecule has 0 aliphatic heterocycles. The van der Waals surface area contributed by atoms with Crippen molar-refractivity contribution in [3.63, 3.8) is 0 Å². The maximum atomic E-state index is 12.7. The fraction of sp³-hybridized carbons (Fsp3) is 0. The molecule has 4 aromatic rings. The van der Waals surface area contributed by atoms with Crippen LogP contribution in [0.15, 0.2) is 87.4 Å². The molecule has 1 aromatic heterocycles. The summed E-state index contributed by atoms with van der Waals surface area (Å²) in [6.45, 7) is 0. The van der Waals surface area contributed by atoms with Gasteiger partial charge in [-0.15, -0.1) is 11.3 Å². The monoisotopic (exact) mass is 320 g/mol. The van der Waals surface area contributed by atoms with Crippen LogP contribution in [-0.4, -0.2) is 0 Å². The van der Waals surface area contributed by atoms with Crippen LogP contribution < -0.4 is 5.43 Å². The number of benzene rings is 3. The summed E-state index contributed by atoms with van der Waals surface area (Å²) in [6.07, 6.45) is 0. The van der Waals surface area contributed by atoms with Crippen LogP contribution in [-0.2, 0) is 0 Å². The quantitative estimate of drug-likeness (QED) is 0.449. The van der Waals surface area contributed by atoms with Gasteiger partial charge in [0.2, 0.25) is 0 Å². The van der Waals surface area contributed by atoms with Crippen molar-refractivity contribution in [1.82, 2.24) is 0 Å². The van der Waals surface area contributed by atoms with Gasteiger partial charge in [-0.05, 0) is 36.4 Å². The Labute approximate surface area is 136 Å².